The van der Waals surface area contributed by atoms with E-state index < -0.39 is 0 Å². The first-order valence-corrected chi connectivity index (χ1v) is 9.19. The van der Waals surface area contributed by atoms with Crippen LogP contribution < -0.4 is 0 Å². The zero-order valence-corrected chi connectivity index (χ0v) is 15.2. The number of fused-ring (bicyclic) bond motifs is 1. The second-order valence-electron chi connectivity index (χ2n) is 6.80. The van der Waals surface area contributed by atoms with Crippen molar-refractivity contribution in [3.8, 4) is 0 Å². The summed E-state index contributed by atoms with van der Waals surface area (Å²) in [5.74, 6) is 0. The van der Waals surface area contributed by atoms with Crippen molar-refractivity contribution in [3.05, 3.63) is 78.1 Å². The molecular formula is C22H24N4. The van der Waals surface area contributed by atoms with Crippen LogP contribution >= 0.6 is 0 Å². The van der Waals surface area contributed by atoms with Gasteiger partial charge in [-0.2, -0.15) is 5.10 Å². The Bertz CT molecular complexity index is 891. The number of hydrogen-bond donors (Lipinski definition) is 0. The van der Waals surface area contributed by atoms with Crippen molar-refractivity contribution in [1.82, 2.24) is 14.9 Å². The summed E-state index contributed by atoms with van der Waals surface area (Å²) in [7, 11) is 0. The van der Waals surface area contributed by atoms with E-state index in [1.54, 1.807) is 6.20 Å². The third-order valence-electron chi connectivity index (χ3n) is 4.99. The van der Waals surface area contributed by atoms with Gasteiger partial charge in [-0.3, -0.25) is 14.9 Å². The fraction of sp³-hybridized carbons (Fsp3) is 0.273. The molecule has 4 heteroatoms. The summed E-state index contributed by atoms with van der Waals surface area (Å²) in [5.41, 5.74) is 3.53. The Balaban J connectivity index is 1.39. The monoisotopic (exact) mass is 344 g/mol. The van der Waals surface area contributed by atoms with E-state index in [4.69, 9.17) is 5.10 Å². The van der Waals surface area contributed by atoms with E-state index in [0.717, 1.165) is 44.0 Å². The molecule has 0 unspecified atom stereocenters. The molecule has 0 bridgehead atoms. The minimum atomic E-state index is 0.961. The van der Waals surface area contributed by atoms with Crippen LogP contribution in [0.1, 0.15) is 18.1 Å². The summed E-state index contributed by atoms with van der Waals surface area (Å²) in [6.45, 7) is 7.05. The zero-order chi connectivity index (χ0) is 17.8. The number of aromatic nitrogens is 1. The lowest BCUT2D eigenvalue weighted by molar-refractivity contribution is 0.131. The first-order chi connectivity index (χ1) is 12.8. The molecule has 1 fully saturated rings. The summed E-state index contributed by atoms with van der Waals surface area (Å²) in [5, 5.41) is 9.65. The molecule has 0 amide bonds. The van der Waals surface area contributed by atoms with Gasteiger partial charge in [0, 0.05) is 50.7 Å². The Hall–Kier alpha value is -2.72. The van der Waals surface area contributed by atoms with Crippen molar-refractivity contribution >= 4 is 16.5 Å². The molecule has 0 N–H and O–H groups in total. The van der Waals surface area contributed by atoms with Crippen LogP contribution in [0.25, 0.3) is 10.8 Å². The number of nitrogens with zero attached hydrogens (tertiary/aromatic N) is 4. The Kier molecular flexibility index (Phi) is 4.93. The van der Waals surface area contributed by atoms with Crippen LogP contribution in [0.2, 0.25) is 0 Å². The number of pyridine rings is 1. The number of rotatable bonds is 4. The summed E-state index contributed by atoms with van der Waals surface area (Å²) < 4.78 is 0. The Morgan fingerprint density at radius 3 is 2.58 bits per heavy atom. The van der Waals surface area contributed by atoms with Crippen molar-refractivity contribution in [2.24, 2.45) is 5.10 Å². The average Bonchev–Trinajstić information content (AvgIpc) is 2.70. The van der Waals surface area contributed by atoms with Gasteiger partial charge in [0.05, 0.1) is 5.71 Å². The molecule has 1 aliphatic rings. The van der Waals surface area contributed by atoms with Crippen molar-refractivity contribution < 1.29 is 0 Å². The van der Waals surface area contributed by atoms with Crippen LogP contribution in [0.5, 0.6) is 0 Å². The maximum absolute atomic E-state index is 4.78. The van der Waals surface area contributed by atoms with Crippen molar-refractivity contribution in [2.45, 2.75) is 13.5 Å². The van der Waals surface area contributed by atoms with E-state index in [9.17, 15) is 0 Å². The number of piperazine rings is 1. The van der Waals surface area contributed by atoms with Crippen LogP contribution in [0.4, 0.5) is 0 Å². The molecule has 0 radical (unpaired) electrons. The van der Waals surface area contributed by atoms with E-state index in [2.05, 4.69) is 70.3 Å². The number of hydrogen-bond acceptors (Lipinski definition) is 4. The molecule has 2 aromatic carbocycles. The first kappa shape index (κ1) is 16.7. The first-order valence-electron chi connectivity index (χ1n) is 9.19. The topological polar surface area (TPSA) is 31.7 Å². The van der Waals surface area contributed by atoms with Crippen LogP contribution in [-0.2, 0) is 6.54 Å². The normalized spacial score (nSPS) is 16.2. The van der Waals surface area contributed by atoms with Crippen LogP contribution in [0.15, 0.2) is 72.1 Å². The molecule has 132 valence electrons. The fourth-order valence-electron chi connectivity index (χ4n) is 3.51. The highest BCUT2D eigenvalue weighted by Crippen LogP contribution is 2.20. The zero-order valence-electron chi connectivity index (χ0n) is 15.2. The minimum Gasteiger partial charge on any atom is -0.295 e. The fourth-order valence-corrected chi connectivity index (χ4v) is 3.51. The summed E-state index contributed by atoms with van der Waals surface area (Å²) in [6, 6.07) is 19.3. The molecule has 1 aliphatic heterocycles. The van der Waals surface area contributed by atoms with Gasteiger partial charge in [-0.25, -0.2) is 0 Å². The summed E-state index contributed by atoms with van der Waals surface area (Å²) in [6.07, 6.45) is 3.67. The Labute approximate surface area is 154 Å². The van der Waals surface area contributed by atoms with Gasteiger partial charge in [-0.05, 0) is 29.3 Å². The van der Waals surface area contributed by atoms with Crippen LogP contribution in [-0.4, -0.2) is 46.8 Å². The molecule has 26 heavy (non-hydrogen) atoms. The average molecular weight is 344 g/mol. The number of hydrazone groups is 1. The molecule has 0 spiro atoms. The lowest BCUT2D eigenvalue weighted by Gasteiger charge is -2.33. The summed E-state index contributed by atoms with van der Waals surface area (Å²) in [4.78, 5) is 6.70. The van der Waals surface area contributed by atoms with Gasteiger partial charge in [0.25, 0.3) is 0 Å². The summed E-state index contributed by atoms with van der Waals surface area (Å²) >= 11 is 0. The Morgan fingerprint density at radius 2 is 1.77 bits per heavy atom. The molecule has 1 saturated heterocycles. The number of benzene rings is 2. The van der Waals surface area contributed by atoms with E-state index in [1.165, 1.54) is 16.3 Å². The maximum atomic E-state index is 4.78. The van der Waals surface area contributed by atoms with Crippen molar-refractivity contribution in [1.29, 1.82) is 0 Å². The highest BCUT2D eigenvalue weighted by molar-refractivity contribution is 5.98. The Morgan fingerprint density at radius 1 is 0.962 bits per heavy atom. The standard InChI is InChI=1S/C22H24N4/c1-18(20-9-5-11-23-16-20)24-26-14-12-25(13-15-26)17-21-8-4-7-19-6-2-3-10-22(19)21/h2-11,16H,12-15,17H2,1H3/b24-18+. The second-order valence-corrected chi connectivity index (χ2v) is 6.80. The molecule has 0 aliphatic carbocycles. The third kappa shape index (κ3) is 3.75. The van der Waals surface area contributed by atoms with Crippen LogP contribution in [0, 0.1) is 0 Å². The molecule has 4 nitrogen and oxygen atoms in total. The lowest BCUT2D eigenvalue weighted by Crippen LogP contribution is -2.43. The van der Waals surface area contributed by atoms with Gasteiger partial charge >= 0.3 is 0 Å². The van der Waals surface area contributed by atoms with Gasteiger partial charge in [0.2, 0.25) is 0 Å². The molecule has 3 aromatic rings. The maximum Gasteiger partial charge on any atom is 0.0662 e. The van der Waals surface area contributed by atoms with E-state index in [-0.39, 0.29) is 0 Å². The predicted octanol–water partition coefficient (Wildman–Crippen LogP) is 3.78. The quantitative estimate of drug-likeness (QED) is 0.675. The van der Waals surface area contributed by atoms with Crippen molar-refractivity contribution in [3.63, 3.8) is 0 Å². The van der Waals surface area contributed by atoms with Gasteiger partial charge in [0.15, 0.2) is 0 Å². The molecule has 1 aromatic heterocycles. The highest BCUT2D eigenvalue weighted by Gasteiger charge is 2.17. The lowest BCUT2D eigenvalue weighted by atomic mass is 10.0. The highest BCUT2D eigenvalue weighted by atomic mass is 15.5. The molecule has 4 rings (SSSR count). The van der Waals surface area contributed by atoms with Crippen molar-refractivity contribution in [2.75, 3.05) is 26.2 Å². The smallest absolute Gasteiger partial charge is 0.0662 e. The van der Waals surface area contributed by atoms with Crippen LogP contribution in [0.3, 0.4) is 0 Å². The van der Waals surface area contributed by atoms with Gasteiger partial charge < -0.3 is 0 Å². The molecule has 0 saturated carbocycles. The van der Waals surface area contributed by atoms with E-state index >= 15 is 0 Å². The van der Waals surface area contributed by atoms with Gasteiger partial charge in [-0.1, -0.05) is 48.5 Å². The molecule has 2 heterocycles. The largest absolute Gasteiger partial charge is 0.295 e. The SMILES string of the molecule is C/C(=N\N1CCN(Cc2cccc3ccccc23)CC1)c1cccnc1. The molecule has 0 atom stereocenters. The minimum absolute atomic E-state index is 0.961. The predicted molar refractivity (Wildman–Crippen MR) is 107 cm³/mol. The van der Waals surface area contributed by atoms with Gasteiger partial charge in [0.1, 0.15) is 0 Å². The van der Waals surface area contributed by atoms with E-state index in [1.807, 2.05) is 12.3 Å². The third-order valence-corrected chi connectivity index (χ3v) is 4.99. The van der Waals surface area contributed by atoms with Gasteiger partial charge in [-0.15, -0.1) is 0 Å². The second kappa shape index (κ2) is 7.67. The molecular weight excluding hydrogens is 320 g/mol. The van der Waals surface area contributed by atoms with E-state index in [0.29, 0.717) is 0 Å².